The zero-order chi connectivity index (χ0) is 23.9. The Morgan fingerprint density at radius 2 is 1.68 bits per heavy atom. The van der Waals surface area contributed by atoms with Crippen LogP contribution >= 0.6 is 22.7 Å². The topological polar surface area (TPSA) is 82.1 Å². The number of hydrogen-bond acceptors (Lipinski definition) is 9. The Morgan fingerprint density at radius 1 is 0.941 bits per heavy atom. The minimum atomic E-state index is -1.91. The first-order valence-electron chi connectivity index (χ1n) is 10.3. The van der Waals surface area contributed by atoms with Gasteiger partial charge in [-0.05, 0) is 40.6 Å². The van der Waals surface area contributed by atoms with Gasteiger partial charge in [0.15, 0.2) is 6.23 Å². The number of para-hydroxylation sites is 1. The molecule has 0 saturated carbocycles. The summed E-state index contributed by atoms with van der Waals surface area (Å²) < 4.78 is 16.8. The molecule has 2 aliphatic heterocycles. The Balaban J connectivity index is 1.89. The van der Waals surface area contributed by atoms with Crippen LogP contribution in [0.25, 0.3) is 6.08 Å². The van der Waals surface area contributed by atoms with Gasteiger partial charge in [-0.15, -0.1) is 22.7 Å². The quantitative estimate of drug-likeness (QED) is 0.385. The second-order valence-electron chi connectivity index (χ2n) is 7.47. The van der Waals surface area contributed by atoms with E-state index in [2.05, 4.69) is 0 Å². The van der Waals surface area contributed by atoms with Crippen LogP contribution in [0.2, 0.25) is 0 Å². The van der Waals surface area contributed by atoms with Crippen LogP contribution in [0.4, 0.5) is 5.69 Å². The number of fused-ring (bicyclic) bond motifs is 3. The van der Waals surface area contributed by atoms with E-state index in [-0.39, 0.29) is 11.3 Å². The molecule has 4 heterocycles. The molecular formula is C25H19NO6S2. The van der Waals surface area contributed by atoms with Crippen LogP contribution in [0.3, 0.4) is 0 Å². The molecule has 0 aliphatic carbocycles. The summed E-state index contributed by atoms with van der Waals surface area (Å²) in [6.45, 7) is 0. The summed E-state index contributed by atoms with van der Waals surface area (Å²) in [6.07, 6.45) is 2.76. The molecule has 2 atom stereocenters. The predicted octanol–water partition coefficient (Wildman–Crippen LogP) is 4.38. The van der Waals surface area contributed by atoms with Crippen LogP contribution < -0.4 is 4.90 Å². The largest absolute Gasteiger partial charge is 0.465 e. The van der Waals surface area contributed by atoms with Gasteiger partial charge in [-0.3, -0.25) is 4.79 Å². The first-order valence-corrected chi connectivity index (χ1v) is 12.1. The van der Waals surface area contributed by atoms with Crippen LogP contribution in [-0.4, -0.2) is 38.2 Å². The highest BCUT2D eigenvalue weighted by molar-refractivity contribution is 7.12. The summed E-state index contributed by atoms with van der Waals surface area (Å²) in [5.74, 6) is -2.10. The number of carbonyl (C=O) groups is 3. The number of ketones is 1. The molecule has 172 valence electrons. The third-order valence-corrected chi connectivity index (χ3v) is 7.56. The van der Waals surface area contributed by atoms with Gasteiger partial charge in [0.25, 0.3) is 0 Å². The predicted molar refractivity (Wildman–Crippen MR) is 129 cm³/mol. The number of esters is 2. The third-order valence-electron chi connectivity index (χ3n) is 5.72. The molecule has 2 aliphatic rings. The molecule has 0 spiro atoms. The lowest BCUT2D eigenvalue weighted by molar-refractivity contribution is -0.145. The van der Waals surface area contributed by atoms with Crippen molar-refractivity contribution in [1.29, 1.82) is 0 Å². The van der Waals surface area contributed by atoms with E-state index in [0.717, 1.165) is 5.56 Å². The van der Waals surface area contributed by atoms with Gasteiger partial charge in [-0.1, -0.05) is 36.4 Å². The highest BCUT2D eigenvalue weighted by Gasteiger charge is 2.59. The number of thiophene rings is 2. The van der Waals surface area contributed by atoms with Gasteiger partial charge in [0, 0.05) is 4.88 Å². The van der Waals surface area contributed by atoms with Crippen molar-refractivity contribution in [2.45, 2.75) is 11.8 Å². The minimum Gasteiger partial charge on any atom is -0.465 e. The first-order chi connectivity index (χ1) is 16.5. The van der Waals surface area contributed by atoms with Crippen LogP contribution in [0.15, 0.2) is 76.6 Å². The van der Waals surface area contributed by atoms with Crippen LogP contribution in [0, 0.1) is 0 Å². The SMILES string of the molecule is COC(=O)C1=C(C(=O)OC)C(C(=O)c2cccs2)(c2cccs2)O[C@H]2C=Cc3ccccc3N12. The van der Waals surface area contributed by atoms with Crippen LogP contribution in [-0.2, 0) is 29.4 Å². The van der Waals surface area contributed by atoms with Crippen molar-refractivity contribution in [3.8, 4) is 0 Å². The fraction of sp³-hybridized carbons (Fsp3) is 0.160. The summed E-state index contributed by atoms with van der Waals surface area (Å²) in [4.78, 5) is 43.3. The van der Waals surface area contributed by atoms with Crippen molar-refractivity contribution >= 4 is 52.2 Å². The number of benzene rings is 1. The Morgan fingerprint density at radius 3 is 2.35 bits per heavy atom. The zero-order valence-corrected chi connectivity index (χ0v) is 19.9. The molecule has 3 aromatic rings. The van der Waals surface area contributed by atoms with E-state index in [4.69, 9.17) is 14.2 Å². The third kappa shape index (κ3) is 3.24. The minimum absolute atomic E-state index is 0.0966. The molecule has 0 amide bonds. The van der Waals surface area contributed by atoms with E-state index >= 15 is 0 Å². The number of ether oxygens (including phenoxy) is 3. The fourth-order valence-electron chi connectivity index (χ4n) is 4.28. The van der Waals surface area contributed by atoms with Crippen molar-refractivity contribution in [3.63, 3.8) is 0 Å². The van der Waals surface area contributed by atoms with Crippen molar-refractivity contribution < 1.29 is 28.6 Å². The summed E-state index contributed by atoms with van der Waals surface area (Å²) >= 11 is 2.48. The van der Waals surface area contributed by atoms with E-state index in [0.29, 0.717) is 15.4 Å². The summed E-state index contributed by atoms with van der Waals surface area (Å²) in [7, 11) is 2.43. The molecule has 1 unspecified atom stereocenters. The van der Waals surface area contributed by atoms with Gasteiger partial charge in [-0.25, -0.2) is 9.59 Å². The van der Waals surface area contributed by atoms with Gasteiger partial charge in [-0.2, -0.15) is 0 Å². The first kappa shape index (κ1) is 22.3. The lowest BCUT2D eigenvalue weighted by Gasteiger charge is -2.47. The zero-order valence-electron chi connectivity index (χ0n) is 18.2. The molecule has 0 saturated heterocycles. The van der Waals surface area contributed by atoms with Crippen LogP contribution in [0.5, 0.6) is 0 Å². The second kappa shape index (κ2) is 8.68. The maximum atomic E-state index is 14.1. The van der Waals surface area contributed by atoms with Gasteiger partial charge in [0.1, 0.15) is 11.3 Å². The lowest BCUT2D eigenvalue weighted by atomic mass is 9.82. The molecule has 0 fully saturated rings. The normalized spacial score (nSPS) is 21.0. The average Bonchev–Trinajstić information content (AvgIpc) is 3.61. The maximum Gasteiger partial charge on any atom is 0.355 e. The van der Waals surface area contributed by atoms with Crippen LogP contribution in [0.1, 0.15) is 20.1 Å². The summed E-state index contributed by atoms with van der Waals surface area (Å²) in [5.41, 5.74) is -0.765. The molecule has 0 N–H and O–H groups in total. The van der Waals surface area contributed by atoms with Gasteiger partial charge in [0.2, 0.25) is 11.4 Å². The number of carbonyl (C=O) groups excluding carboxylic acids is 3. The Bertz CT molecular complexity index is 1330. The number of nitrogens with zero attached hydrogens (tertiary/aromatic N) is 1. The summed E-state index contributed by atoms with van der Waals surface area (Å²) in [5, 5.41) is 3.55. The highest BCUT2D eigenvalue weighted by Crippen LogP contribution is 2.50. The molecule has 1 aromatic carbocycles. The summed E-state index contributed by atoms with van der Waals surface area (Å²) in [6, 6.07) is 14.3. The standard InChI is InChI=1S/C25H19NO6S2/c1-30-23(28)20-21(24(29)31-2)26-16-8-4-3-7-15(16)11-12-19(26)32-25(20,18-10-6-14-34-18)22(27)17-9-5-13-33-17/h3-14,19H,1-2H3/t19-,25?/m0/s1. The van der Waals surface area contributed by atoms with Gasteiger partial charge >= 0.3 is 11.9 Å². The van der Waals surface area contributed by atoms with Crippen molar-refractivity contribution in [3.05, 3.63) is 92.0 Å². The highest BCUT2D eigenvalue weighted by atomic mass is 32.1. The van der Waals surface area contributed by atoms with E-state index < -0.39 is 29.6 Å². The number of methoxy groups -OCH3 is 2. The molecule has 34 heavy (non-hydrogen) atoms. The van der Waals surface area contributed by atoms with Gasteiger partial charge in [0.05, 0.1) is 24.8 Å². The average molecular weight is 494 g/mol. The van der Waals surface area contributed by atoms with E-state index in [1.54, 1.807) is 46.0 Å². The molecule has 7 nitrogen and oxygen atoms in total. The maximum absolute atomic E-state index is 14.1. The van der Waals surface area contributed by atoms with Crippen molar-refractivity contribution in [1.82, 2.24) is 0 Å². The Kier molecular flexibility index (Phi) is 5.68. The molecule has 9 heteroatoms. The number of rotatable bonds is 5. The lowest BCUT2D eigenvalue weighted by Crippen LogP contribution is -2.57. The molecular weight excluding hydrogens is 474 g/mol. The van der Waals surface area contributed by atoms with E-state index in [1.807, 2.05) is 30.3 Å². The number of Topliss-reactive ketones (excluding diaryl/α,β-unsaturated/α-hetero) is 1. The molecule has 2 aromatic heterocycles. The molecule has 0 bridgehead atoms. The van der Waals surface area contributed by atoms with Crippen molar-refractivity contribution in [2.75, 3.05) is 19.1 Å². The van der Waals surface area contributed by atoms with E-state index in [1.165, 1.54) is 36.9 Å². The number of anilines is 1. The van der Waals surface area contributed by atoms with Gasteiger partial charge < -0.3 is 19.1 Å². The Labute approximate surface area is 203 Å². The Hall–Kier alpha value is -3.53. The molecule has 5 rings (SSSR count). The van der Waals surface area contributed by atoms with E-state index in [9.17, 15) is 14.4 Å². The molecule has 0 radical (unpaired) electrons. The monoisotopic (exact) mass is 493 g/mol. The smallest absolute Gasteiger partial charge is 0.355 e. The van der Waals surface area contributed by atoms with Crippen molar-refractivity contribution in [2.24, 2.45) is 0 Å². The second-order valence-corrected chi connectivity index (χ2v) is 9.36. The fourth-order valence-corrected chi connectivity index (χ4v) is 5.87. The number of hydrogen-bond donors (Lipinski definition) is 0.